The fraction of sp³-hybridized carbons (Fsp3) is 0.296. The number of carbonyl (C=O) groups is 3. The zero-order valence-corrected chi connectivity index (χ0v) is 19.7. The monoisotopic (exact) mass is 463 g/mol. The molecule has 0 aliphatic carbocycles. The van der Waals surface area contributed by atoms with E-state index in [1.807, 2.05) is 60.7 Å². The summed E-state index contributed by atoms with van der Waals surface area (Å²) in [5.74, 6) is -2.03. The lowest BCUT2D eigenvalue weighted by Gasteiger charge is -2.17. The normalized spacial score (nSPS) is 10.6. The predicted molar refractivity (Wildman–Crippen MR) is 128 cm³/mol. The number of benzene rings is 2. The summed E-state index contributed by atoms with van der Waals surface area (Å²) >= 11 is 0. The first-order chi connectivity index (χ1) is 16.5. The van der Waals surface area contributed by atoms with Crippen molar-refractivity contribution in [2.45, 2.75) is 33.2 Å². The van der Waals surface area contributed by atoms with Crippen molar-refractivity contribution in [3.8, 4) is 0 Å². The first kappa shape index (κ1) is 24.8. The van der Waals surface area contributed by atoms with E-state index >= 15 is 0 Å². The van der Waals surface area contributed by atoms with E-state index in [1.165, 1.54) is 0 Å². The first-order valence-corrected chi connectivity index (χ1v) is 11.3. The molecular formula is C27H29NO6. The van der Waals surface area contributed by atoms with Gasteiger partial charge in [-0.15, -0.1) is 0 Å². The van der Waals surface area contributed by atoms with Gasteiger partial charge in [0, 0.05) is 20.0 Å². The summed E-state index contributed by atoms with van der Waals surface area (Å²) < 4.78 is 16.3. The van der Waals surface area contributed by atoms with Crippen molar-refractivity contribution in [3.05, 3.63) is 88.7 Å². The van der Waals surface area contributed by atoms with Gasteiger partial charge in [-0.05, 0) is 31.4 Å². The molecule has 0 aliphatic heterocycles. The highest BCUT2D eigenvalue weighted by molar-refractivity contribution is 6.13. The molecule has 0 bridgehead atoms. The number of furan rings is 1. The van der Waals surface area contributed by atoms with E-state index in [0.29, 0.717) is 13.0 Å². The number of ketones is 1. The van der Waals surface area contributed by atoms with Crippen LogP contribution in [0.2, 0.25) is 0 Å². The Bertz CT molecular complexity index is 1120. The van der Waals surface area contributed by atoms with Gasteiger partial charge in [0.2, 0.25) is 5.88 Å². The number of hydrogen-bond acceptors (Lipinski definition) is 7. The minimum absolute atomic E-state index is 0.0825. The molecule has 3 aromatic rings. The molecule has 2 aromatic carbocycles. The molecule has 178 valence electrons. The number of carbonyl (C=O) groups excluding carboxylic acids is 3. The Hall–Kier alpha value is -3.87. The maximum absolute atomic E-state index is 13.2. The molecule has 0 radical (unpaired) electrons. The van der Waals surface area contributed by atoms with Crippen LogP contribution in [-0.2, 0) is 22.4 Å². The molecule has 1 aromatic heterocycles. The summed E-state index contributed by atoms with van der Waals surface area (Å²) in [4.78, 5) is 40.7. The quantitative estimate of drug-likeness (QED) is 0.289. The van der Waals surface area contributed by atoms with Crippen molar-refractivity contribution in [3.63, 3.8) is 0 Å². The molecule has 0 atom stereocenters. The summed E-state index contributed by atoms with van der Waals surface area (Å²) in [6, 6.07) is 19.1. The fourth-order valence-corrected chi connectivity index (χ4v) is 3.62. The maximum Gasteiger partial charge on any atom is 0.344 e. The van der Waals surface area contributed by atoms with Crippen molar-refractivity contribution >= 4 is 23.6 Å². The molecule has 1 heterocycles. The predicted octanol–water partition coefficient (Wildman–Crippen LogP) is 5.08. The average molecular weight is 464 g/mol. The number of rotatable bonds is 11. The second kappa shape index (κ2) is 11.8. The van der Waals surface area contributed by atoms with Crippen molar-refractivity contribution in [1.29, 1.82) is 0 Å². The minimum atomic E-state index is -0.795. The Morgan fingerprint density at radius 1 is 0.794 bits per heavy atom. The van der Waals surface area contributed by atoms with Crippen molar-refractivity contribution in [2.24, 2.45) is 0 Å². The molecule has 0 fully saturated rings. The lowest BCUT2D eigenvalue weighted by atomic mass is 10.0. The third kappa shape index (κ3) is 5.92. The van der Waals surface area contributed by atoms with E-state index in [9.17, 15) is 14.4 Å². The Kier molecular flexibility index (Phi) is 8.62. The SMILES string of the molecule is CCOC(=O)c1c(C(=O)CCc2ccccc2)oc(N(C)Cc2ccccc2)c1C(=O)OCC. The highest BCUT2D eigenvalue weighted by Gasteiger charge is 2.36. The van der Waals surface area contributed by atoms with E-state index < -0.39 is 17.7 Å². The largest absolute Gasteiger partial charge is 0.462 e. The number of aryl methyl sites for hydroxylation is 1. The average Bonchev–Trinajstić information content (AvgIpc) is 3.25. The molecule has 7 heteroatoms. The van der Waals surface area contributed by atoms with Crippen LogP contribution in [0, 0.1) is 0 Å². The molecule has 0 saturated carbocycles. The van der Waals surface area contributed by atoms with Gasteiger partial charge in [0.05, 0.1) is 13.2 Å². The maximum atomic E-state index is 13.2. The van der Waals surface area contributed by atoms with E-state index in [1.54, 1.807) is 25.8 Å². The Morgan fingerprint density at radius 2 is 1.32 bits per heavy atom. The molecule has 0 saturated heterocycles. The zero-order valence-electron chi connectivity index (χ0n) is 19.7. The minimum Gasteiger partial charge on any atom is -0.462 e. The van der Waals surface area contributed by atoms with Crippen molar-refractivity contribution in [2.75, 3.05) is 25.2 Å². The van der Waals surface area contributed by atoms with Crippen LogP contribution in [0.1, 0.15) is 62.7 Å². The van der Waals surface area contributed by atoms with Gasteiger partial charge >= 0.3 is 11.9 Å². The van der Waals surface area contributed by atoms with Crippen LogP contribution in [0.4, 0.5) is 5.88 Å². The van der Waals surface area contributed by atoms with Gasteiger partial charge in [0.1, 0.15) is 11.1 Å². The van der Waals surface area contributed by atoms with Gasteiger partial charge in [0.15, 0.2) is 11.5 Å². The molecule has 0 aliphatic rings. The molecule has 0 N–H and O–H groups in total. The van der Waals surface area contributed by atoms with Gasteiger partial charge in [-0.1, -0.05) is 60.7 Å². The third-order valence-electron chi connectivity index (χ3n) is 5.19. The van der Waals surface area contributed by atoms with Crippen LogP contribution < -0.4 is 4.90 Å². The van der Waals surface area contributed by atoms with Crippen LogP contribution in [0.3, 0.4) is 0 Å². The van der Waals surface area contributed by atoms with Gasteiger partial charge in [-0.2, -0.15) is 0 Å². The third-order valence-corrected chi connectivity index (χ3v) is 5.19. The molecule has 7 nitrogen and oxygen atoms in total. The summed E-state index contributed by atoms with van der Waals surface area (Å²) in [6.07, 6.45) is 0.570. The topological polar surface area (TPSA) is 86.1 Å². The number of anilines is 1. The number of nitrogens with zero attached hydrogens (tertiary/aromatic N) is 1. The summed E-state index contributed by atoms with van der Waals surface area (Å²) in [5.41, 5.74) is 1.66. The number of esters is 2. The Balaban J connectivity index is 2.03. The summed E-state index contributed by atoms with van der Waals surface area (Å²) in [6.45, 7) is 3.90. The molecule has 0 unspecified atom stereocenters. The van der Waals surface area contributed by atoms with Crippen LogP contribution in [0.25, 0.3) is 0 Å². The lowest BCUT2D eigenvalue weighted by Crippen LogP contribution is -2.21. The standard InChI is InChI=1S/C27H29NO6/c1-4-32-26(30)22-23(27(31)33-5-2)25(28(3)18-20-14-10-7-11-15-20)34-24(22)21(29)17-16-19-12-8-6-9-13-19/h6-15H,4-5,16-18H2,1-3H3. The van der Waals surface area contributed by atoms with Crippen LogP contribution in [-0.4, -0.2) is 38.0 Å². The van der Waals surface area contributed by atoms with Crippen molar-refractivity contribution in [1.82, 2.24) is 0 Å². The smallest absolute Gasteiger partial charge is 0.344 e. The highest BCUT2D eigenvalue weighted by Crippen LogP contribution is 2.33. The molecule has 0 spiro atoms. The second-order valence-electron chi connectivity index (χ2n) is 7.68. The highest BCUT2D eigenvalue weighted by atomic mass is 16.5. The van der Waals surface area contributed by atoms with Gasteiger partial charge < -0.3 is 18.8 Å². The fourth-order valence-electron chi connectivity index (χ4n) is 3.62. The number of hydrogen-bond donors (Lipinski definition) is 0. The van der Waals surface area contributed by atoms with Crippen LogP contribution >= 0.6 is 0 Å². The van der Waals surface area contributed by atoms with Crippen LogP contribution in [0.5, 0.6) is 0 Å². The molecule has 3 rings (SSSR count). The van der Waals surface area contributed by atoms with Crippen LogP contribution in [0.15, 0.2) is 65.1 Å². The summed E-state index contributed by atoms with van der Waals surface area (Å²) in [7, 11) is 1.72. The van der Waals surface area contributed by atoms with Gasteiger partial charge in [-0.3, -0.25) is 4.79 Å². The van der Waals surface area contributed by atoms with E-state index in [0.717, 1.165) is 11.1 Å². The Labute approximate surface area is 199 Å². The Morgan fingerprint density at radius 3 is 1.88 bits per heavy atom. The van der Waals surface area contributed by atoms with Gasteiger partial charge in [-0.25, -0.2) is 9.59 Å². The number of ether oxygens (including phenoxy) is 2. The van der Waals surface area contributed by atoms with E-state index in [-0.39, 0.29) is 42.4 Å². The second-order valence-corrected chi connectivity index (χ2v) is 7.68. The lowest BCUT2D eigenvalue weighted by molar-refractivity contribution is 0.0479. The first-order valence-electron chi connectivity index (χ1n) is 11.3. The van der Waals surface area contributed by atoms with Crippen molar-refractivity contribution < 1.29 is 28.3 Å². The van der Waals surface area contributed by atoms with E-state index in [2.05, 4.69) is 0 Å². The number of Topliss-reactive ketones (excluding diaryl/α,β-unsaturated/α-hetero) is 1. The van der Waals surface area contributed by atoms with Gasteiger partial charge in [0.25, 0.3) is 0 Å². The molecule has 34 heavy (non-hydrogen) atoms. The van der Waals surface area contributed by atoms with E-state index in [4.69, 9.17) is 13.9 Å². The molecular weight excluding hydrogens is 434 g/mol. The zero-order chi connectivity index (χ0) is 24.5. The molecule has 0 amide bonds. The summed E-state index contributed by atoms with van der Waals surface area (Å²) in [5, 5.41) is 0.